The number of benzene rings is 2. The van der Waals surface area contributed by atoms with Crippen LogP contribution in [-0.4, -0.2) is 50.8 Å². The Hall–Kier alpha value is -3.88. The Morgan fingerprint density at radius 2 is 1.86 bits per heavy atom. The number of carbonyl (C=O) groups excluding carboxylic acids is 1. The lowest BCUT2D eigenvalue weighted by atomic mass is 10.00. The van der Waals surface area contributed by atoms with Gasteiger partial charge in [-0.25, -0.2) is 9.78 Å². The molecule has 0 spiro atoms. The lowest BCUT2D eigenvalue weighted by molar-refractivity contribution is 0.0696. The van der Waals surface area contributed by atoms with Gasteiger partial charge in [-0.05, 0) is 73.4 Å². The Labute approximate surface area is 212 Å². The highest BCUT2D eigenvalue weighted by molar-refractivity contribution is 6.33. The third-order valence-corrected chi connectivity index (χ3v) is 5.99. The Morgan fingerprint density at radius 1 is 1.11 bits per heavy atom. The molecule has 1 atom stereocenters. The van der Waals surface area contributed by atoms with Crippen LogP contribution in [0.4, 0.5) is 0 Å². The number of nitrogens with zero attached hydrogens (tertiary/aromatic N) is 1. The van der Waals surface area contributed by atoms with Gasteiger partial charge in [0.1, 0.15) is 11.4 Å². The number of hydrogen-bond donors (Lipinski definition) is 4. The van der Waals surface area contributed by atoms with E-state index in [9.17, 15) is 19.8 Å². The van der Waals surface area contributed by atoms with E-state index in [0.717, 1.165) is 16.6 Å². The number of carboxylic acid groups (broad SMARTS) is 1. The lowest BCUT2D eigenvalue weighted by Gasteiger charge is -2.19. The number of halogens is 1. The highest BCUT2D eigenvalue weighted by Crippen LogP contribution is 2.30. The summed E-state index contributed by atoms with van der Waals surface area (Å²) < 4.78 is 5.87. The minimum Gasteiger partial charge on any atom is -0.490 e. The molecule has 0 fully saturated rings. The van der Waals surface area contributed by atoms with Crippen molar-refractivity contribution in [2.24, 2.45) is 0 Å². The number of nitrogens with one attached hydrogen (secondary N) is 2. The maximum absolute atomic E-state index is 13.4. The highest BCUT2D eigenvalue weighted by atomic mass is 35.5. The van der Waals surface area contributed by atoms with Gasteiger partial charge in [0, 0.05) is 17.8 Å². The normalized spacial score (nSPS) is 12.0. The van der Waals surface area contributed by atoms with E-state index >= 15 is 0 Å². The maximum Gasteiger partial charge on any atom is 0.337 e. The number of aliphatic hydroxyl groups excluding tert-OH is 1. The first kappa shape index (κ1) is 25.2. The third kappa shape index (κ3) is 5.50. The molecule has 9 heteroatoms. The predicted molar refractivity (Wildman–Crippen MR) is 138 cm³/mol. The standard InChI is InChI=1S/C27H26ClN3O5/c1-15(2)36-24-8-6-16(17-5-7-21(27(34)35)23(28)12-17)11-22(24)26(33)31-19(14-32)10-18-13-30-25-20(18)4-3-9-29-25/h3-9,11-13,15,19,32H,10,14H2,1-2H3,(H,29,30)(H,31,33)(H,34,35). The van der Waals surface area contributed by atoms with Crippen molar-refractivity contribution in [2.45, 2.75) is 32.4 Å². The van der Waals surface area contributed by atoms with E-state index in [1.54, 1.807) is 36.5 Å². The van der Waals surface area contributed by atoms with Crippen molar-refractivity contribution in [2.75, 3.05) is 6.61 Å². The zero-order chi connectivity index (χ0) is 25.8. The number of amides is 1. The van der Waals surface area contributed by atoms with Gasteiger partial charge in [0.15, 0.2) is 0 Å². The smallest absolute Gasteiger partial charge is 0.337 e. The fourth-order valence-electron chi connectivity index (χ4n) is 3.98. The fourth-order valence-corrected chi connectivity index (χ4v) is 4.24. The van der Waals surface area contributed by atoms with Crippen LogP contribution in [0.3, 0.4) is 0 Å². The molecule has 0 aliphatic carbocycles. The van der Waals surface area contributed by atoms with Crippen LogP contribution in [0, 0.1) is 0 Å². The first-order valence-corrected chi connectivity index (χ1v) is 11.8. The lowest BCUT2D eigenvalue weighted by Crippen LogP contribution is -2.39. The van der Waals surface area contributed by atoms with Gasteiger partial charge in [-0.1, -0.05) is 23.7 Å². The van der Waals surface area contributed by atoms with Crippen LogP contribution in [0.2, 0.25) is 5.02 Å². The molecule has 0 radical (unpaired) electrons. The van der Waals surface area contributed by atoms with Crippen LogP contribution in [-0.2, 0) is 6.42 Å². The van der Waals surface area contributed by atoms with E-state index in [0.29, 0.717) is 28.9 Å². The average molecular weight is 508 g/mol. The number of carbonyl (C=O) groups is 2. The van der Waals surface area contributed by atoms with Crippen LogP contribution in [0.15, 0.2) is 60.9 Å². The average Bonchev–Trinajstić information content (AvgIpc) is 3.26. The van der Waals surface area contributed by atoms with Gasteiger partial charge in [-0.3, -0.25) is 4.79 Å². The zero-order valence-corrected chi connectivity index (χ0v) is 20.5. The van der Waals surface area contributed by atoms with Crippen molar-refractivity contribution < 1.29 is 24.5 Å². The molecular weight excluding hydrogens is 482 g/mol. The summed E-state index contributed by atoms with van der Waals surface area (Å²) in [6.07, 6.45) is 3.75. The van der Waals surface area contributed by atoms with Crippen LogP contribution < -0.4 is 10.1 Å². The van der Waals surface area contributed by atoms with Gasteiger partial charge in [0.2, 0.25) is 0 Å². The molecule has 0 bridgehead atoms. The quantitative estimate of drug-likeness (QED) is 0.260. The van der Waals surface area contributed by atoms with Crippen molar-refractivity contribution in [1.29, 1.82) is 0 Å². The van der Waals surface area contributed by atoms with Gasteiger partial charge in [0.05, 0.1) is 34.9 Å². The number of aromatic carboxylic acids is 1. The number of hydrogen-bond acceptors (Lipinski definition) is 5. The number of aliphatic hydroxyl groups is 1. The molecule has 2 heterocycles. The molecule has 0 saturated heterocycles. The van der Waals surface area contributed by atoms with E-state index in [4.69, 9.17) is 16.3 Å². The van der Waals surface area contributed by atoms with Crippen LogP contribution in [0.1, 0.15) is 40.1 Å². The largest absolute Gasteiger partial charge is 0.490 e. The van der Waals surface area contributed by atoms with Crippen molar-refractivity contribution in [3.8, 4) is 16.9 Å². The van der Waals surface area contributed by atoms with Gasteiger partial charge in [-0.15, -0.1) is 0 Å². The van der Waals surface area contributed by atoms with E-state index in [1.165, 1.54) is 6.07 Å². The Kier molecular flexibility index (Phi) is 7.57. The zero-order valence-electron chi connectivity index (χ0n) is 19.8. The second-order valence-electron chi connectivity index (χ2n) is 8.65. The number of aromatic nitrogens is 2. The van der Waals surface area contributed by atoms with Crippen LogP contribution in [0.25, 0.3) is 22.2 Å². The van der Waals surface area contributed by atoms with E-state index < -0.39 is 17.9 Å². The monoisotopic (exact) mass is 507 g/mol. The summed E-state index contributed by atoms with van der Waals surface area (Å²) in [7, 11) is 0. The number of fused-ring (bicyclic) bond motifs is 1. The molecule has 4 N–H and O–H groups in total. The first-order valence-electron chi connectivity index (χ1n) is 11.4. The summed E-state index contributed by atoms with van der Waals surface area (Å²) in [6, 6.07) is 13.0. The molecule has 2 aromatic heterocycles. The highest BCUT2D eigenvalue weighted by Gasteiger charge is 2.21. The molecule has 36 heavy (non-hydrogen) atoms. The number of H-pyrrole nitrogens is 1. The molecule has 0 aliphatic rings. The summed E-state index contributed by atoms with van der Waals surface area (Å²) in [5.74, 6) is -1.13. The number of aromatic amines is 1. The first-order chi connectivity index (χ1) is 17.3. The van der Waals surface area contributed by atoms with E-state index in [1.807, 2.05) is 32.2 Å². The molecule has 0 aliphatic heterocycles. The molecule has 1 amide bonds. The summed E-state index contributed by atoms with van der Waals surface area (Å²) in [6.45, 7) is 3.47. The SMILES string of the molecule is CC(C)Oc1ccc(-c2ccc(C(=O)O)c(Cl)c2)cc1C(=O)NC(CO)Cc1c[nH]c2ncccc12. The number of carboxylic acids is 1. The van der Waals surface area contributed by atoms with Gasteiger partial charge in [0.25, 0.3) is 5.91 Å². The van der Waals surface area contributed by atoms with Gasteiger partial charge >= 0.3 is 5.97 Å². The van der Waals surface area contributed by atoms with E-state index in [-0.39, 0.29) is 23.3 Å². The van der Waals surface area contributed by atoms with Gasteiger partial charge < -0.3 is 25.3 Å². The molecule has 4 rings (SSSR count). The minimum atomic E-state index is -1.12. The fraction of sp³-hybridized carbons (Fsp3) is 0.222. The molecule has 186 valence electrons. The Morgan fingerprint density at radius 3 is 2.56 bits per heavy atom. The third-order valence-electron chi connectivity index (χ3n) is 5.68. The second kappa shape index (κ2) is 10.8. The molecule has 0 saturated carbocycles. The van der Waals surface area contributed by atoms with Gasteiger partial charge in [-0.2, -0.15) is 0 Å². The van der Waals surface area contributed by atoms with Crippen LogP contribution >= 0.6 is 11.6 Å². The van der Waals surface area contributed by atoms with Crippen LogP contribution in [0.5, 0.6) is 5.75 Å². The molecule has 4 aromatic rings. The maximum atomic E-state index is 13.4. The second-order valence-corrected chi connectivity index (χ2v) is 9.06. The Balaban J connectivity index is 1.63. The summed E-state index contributed by atoms with van der Waals surface area (Å²) in [4.78, 5) is 32.1. The number of pyridine rings is 1. The number of rotatable bonds is 9. The molecule has 8 nitrogen and oxygen atoms in total. The molecular formula is C27H26ClN3O5. The Bertz CT molecular complexity index is 1420. The minimum absolute atomic E-state index is 0.00332. The summed E-state index contributed by atoms with van der Waals surface area (Å²) in [5, 5.41) is 23.2. The molecule has 2 aromatic carbocycles. The van der Waals surface area contributed by atoms with Crippen molar-refractivity contribution in [3.63, 3.8) is 0 Å². The predicted octanol–water partition coefficient (Wildman–Crippen LogP) is 4.70. The van der Waals surface area contributed by atoms with E-state index in [2.05, 4.69) is 15.3 Å². The number of ether oxygens (including phenoxy) is 1. The molecule has 1 unspecified atom stereocenters. The topological polar surface area (TPSA) is 125 Å². The van der Waals surface area contributed by atoms with Crippen molar-refractivity contribution in [1.82, 2.24) is 15.3 Å². The van der Waals surface area contributed by atoms with Crippen molar-refractivity contribution in [3.05, 3.63) is 82.6 Å². The van der Waals surface area contributed by atoms with Crippen molar-refractivity contribution >= 4 is 34.5 Å². The summed E-state index contributed by atoms with van der Waals surface area (Å²) >= 11 is 6.15. The summed E-state index contributed by atoms with van der Waals surface area (Å²) in [5.41, 5.74) is 3.27.